The van der Waals surface area contributed by atoms with E-state index in [2.05, 4.69) is 39.4 Å². The van der Waals surface area contributed by atoms with E-state index in [1.54, 1.807) is 6.92 Å². The summed E-state index contributed by atoms with van der Waals surface area (Å²) in [5, 5.41) is 12.7. The average Bonchev–Trinajstić information content (AvgIpc) is 3.10. The number of carboxylic acid groups (broad SMARTS) is 1. The van der Waals surface area contributed by atoms with Crippen molar-refractivity contribution in [2.24, 2.45) is 5.41 Å². The lowest BCUT2D eigenvalue weighted by molar-refractivity contribution is -0.138. The Morgan fingerprint density at radius 1 is 1.29 bits per heavy atom. The van der Waals surface area contributed by atoms with Gasteiger partial charge in [-0.15, -0.1) is 0 Å². The van der Waals surface area contributed by atoms with Crippen LogP contribution in [0.4, 0.5) is 30.6 Å². The van der Waals surface area contributed by atoms with Gasteiger partial charge in [0.25, 0.3) is 0 Å². The van der Waals surface area contributed by atoms with Crippen molar-refractivity contribution in [3.05, 3.63) is 64.0 Å². The summed E-state index contributed by atoms with van der Waals surface area (Å²) in [7, 11) is 2.12. The number of alkyl halides is 1. The molecular formula is C28H30F3N5O2. The van der Waals surface area contributed by atoms with Gasteiger partial charge in [-0.1, -0.05) is 6.92 Å². The number of hydrogen-bond donors (Lipinski definition) is 2. The number of rotatable bonds is 5. The third kappa shape index (κ3) is 4.24. The first-order valence-electron chi connectivity index (χ1n) is 13.0. The first kappa shape index (κ1) is 24.9. The Bertz CT molecular complexity index is 1390. The molecule has 1 aromatic heterocycles. The summed E-state index contributed by atoms with van der Waals surface area (Å²) in [4.78, 5) is 24.0. The lowest BCUT2D eigenvalue weighted by Crippen LogP contribution is -2.33. The fourth-order valence-electron chi connectivity index (χ4n) is 6.73. The van der Waals surface area contributed by atoms with Crippen molar-refractivity contribution in [3.63, 3.8) is 0 Å². The van der Waals surface area contributed by atoms with E-state index in [1.165, 1.54) is 28.0 Å². The van der Waals surface area contributed by atoms with E-state index in [-0.39, 0.29) is 31.2 Å². The summed E-state index contributed by atoms with van der Waals surface area (Å²) in [6.07, 6.45) is 2.95. The van der Waals surface area contributed by atoms with Gasteiger partial charge in [0, 0.05) is 42.9 Å². The normalized spacial score (nSPS) is 26.7. The predicted octanol–water partition coefficient (Wildman–Crippen LogP) is 5.37. The van der Waals surface area contributed by atoms with Crippen molar-refractivity contribution in [1.29, 1.82) is 0 Å². The number of hydrogen-bond acceptors (Lipinski definition) is 6. The molecule has 0 fully saturated rings. The fourth-order valence-corrected chi connectivity index (χ4v) is 6.73. The zero-order chi connectivity index (χ0) is 26.8. The maximum absolute atomic E-state index is 15.1. The van der Waals surface area contributed by atoms with Gasteiger partial charge in [0.05, 0.1) is 12.6 Å². The van der Waals surface area contributed by atoms with E-state index < -0.39 is 29.2 Å². The number of aryl methyl sites for hydroxylation is 1. The Morgan fingerprint density at radius 3 is 2.87 bits per heavy atom. The maximum Gasteiger partial charge on any atom is 0.304 e. The summed E-state index contributed by atoms with van der Waals surface area (Å²) in [6, 6.07) is 4.22. The zero-order valence-corrected chi connectivity index (χ0v) is 21.4. The molecule has 4 aliphatic rings. The summed E-state index contributed by atoms with van der Waals surface area (Å²) in [5.74, 6) is -2.12. The van der Waals surface area contributed by atoms with Gasteiger partial charge >= 0.3 is 5.97 Å². The monoisotopic (exact) mass is 525 g/mol. The third-order valence-electron chi connectivity index (χ3n) is 8.26. The van der Waals surface area contributed by atoms with Crippen molar-refractivity contribution >= 4 is 23.4 Å². The molecule has 38 heavy (non-hydrogen) atoms. The second kappa shape index (κ2) is 9.11. The van der Waals surface area contributed by atoms with Crippen LogP contribution in [0, 0.1) is 11.2 Å². The lowest BCUT2D eigenvalue weighted by Gasteiger charge is -2.37. The van der Waals surface area contributed by atoms with Crippen LogP contribution < -0.4 is 10.2 Å². The quantitative estimate of drug-likeness (QED) is 0.543. The van der Waals surface area contributed by atoms with E-state index in [0.717, 1.165) is 43.9 Å². The number of benzene rings is 1. The van der Waals surface area contributed by atoms with E-state index in [1.807, 2.05) is 0 Å². The predicted molar refractivity (Wildman–Crippen MR) is 137 cm³/mol. The molecule has 3 atom stereocenters. The lowest BCUT2D eigenvalue weighted by atomic mass is 9.77. The number of allylic oxidation sites excluding steroid dienone is 3. The minimum Gasteiger partial charge on any atom is -0.481 e. The summed E-state index contributed by atoms with van der Waals surface area (Å²) < 4.78 is 43.7. The largest absolute Gasteiger partial charge is 0.481 e. The molecule has 0 saturated carbocycles. The van der Waals surface area contributed by atoms with Gasteiger partial charge in [-0.3, -0.25) is 4.79 Å². The molecule has 3 unspecified atom stereocenters. The van der Waals surface area contributed by atoms with Crippen LogP contribution in [0.25, 0.3) is 0 Å². The number of aromatic nitrogens is 2. The van der Waals surface area contributed by atoms with E-state index in [4.69, 9.17) is 0 Å². The number of nitrogens with one attached hydrogen (secondary N) is 1. The van der Waals surface area contributed by atoms with E-state index in [9.17, 15) is 18.7 Å². The van der Waals surface area contributed by atoms with Crippen molar-refractivity contribution in [2.75, 3.05) is 30.4 Å². The molecule has 2 aliphatic carbocycles. The summed E-state index contributed by atoms with van der Waals surface area (Å²) in [6.45, 7) is 3.61. The number of carbonyl (C=O) groups is 1. The van der Waals surface area contributed by atoms with Gasteiger partial charge in [-0.25, -0.2) is 18.2 Å². The molecule has 2 N–H and O–H groups in total. The molecular weight excluding hydrogens is 495 g/mol. The minimum absolute atomic E-state index is 0.0323. The molecule has 0 radical (unpaired) electrons. The van der Waals surface area contributed by atoms with Crippen LogP contribution in [0.15, 0.2) is 41.5 Å². The standard InChI is InChI=1S/C28H30F3N5O2/c1-28(10-24(37)38)14-36(23-9-21(30)20(29)8-19(23)28)26-22(31)11-32-27(34-26)33-18-6-15-4-3-5-16-12-35(2)13-17(7-18)25(15)16/h6-8,11,16,21H,3-5,9-10,12-14H2,1-2H3,(H,37,38)(H,32,33,34). The molecule has 0 amide bonds. The second-order valence-electron chi connectivity index (χ2n) is 11.3. The number of aliphatic carboxylic acids is 1. The molecule has 200 valence electrons. The highest BCUT2D eigenvalue weighted by atomic mass is 19.2. The van der Waals surface area contributed by atoms with Crippen molar-refractivity contribution in [3.8, 4) is 0 Å². The highest BCUT2D eigenvalue weighted by Gasteiger charge is 2.46. The smallest absolute Gasteiger partial charge is 0.304 e. The molecule has 3 heterocycles. The van der Waals surface area contributed by atoms with Gasteiger partial charge in [-0.2, -0.15) is 4.98 Å². The van der Waals surface area contributed by atoms with Crippen LogP contribution in [-0.2, 0) is 17.8 Å². The number of likely N-dealkylation sites (N-methyl/N-ethyl adjacent to an activating group) is 1. The van der Waals surface area contributed by atoms with Crippen molar-refractivity contribution in [2.45, 2.75) is 57.7 Å². The number of nitrogens with zero attached hydrogens (tertiary/aromatic N) is 4. The molecule has 1 aromatic carbocycles. The average molecular weight is 526 g/mol. The van der Waals surface area contributed by atoms with E-state index in [0.29, 0.717) is 17.2 Å². The number of carboxylic acids is 1. The van der Waals surface area contributed by atoms with E-state index >= 15 is 4.39 Å². The van der Waals surface area contributed by atoms with Gasteiger partial charge in [-0.05, 0) is 72.7 Å². The molecule has 2 aliphatic heterocycles. The third-order valence-corrected chi connectivity index (χ3v) is 8.26. The van der Waals surface area contributed by atoms with Gasteiger partial charge in [0.1, 0.15) is 5.83 Å². The summed E-state index contributed by atoms with van der Waals surface area (Å²) >= 11 is 0. The Labute approximate surface area is 219 Å². The van der Waals surface area contributed by atoms with Gasteiger partial charge in [0.2, 0.25) is 5.95 Å². The molecule has 7 nitrogen and oxygen atoms in total. The fraction of sp³-hybridized carbons (Fsp3) is 0.464. The second-order valence-corrected chi connectivity index (χ2v) is 11.3. The summed E-state index contributed by atoms with van der Waals surface area (Å²) in [5.41, 5.74) is 4.54. The van der Waals surface area contributed by atoms with Crippen LogP contribution in [0.3, 0.4) is 0 Å². The molecule has 0 saturated heterocycles. The molecule has 6 rings (SSSR count). The molecule has 0 bridgehead atoms. The van der Waals surface area contributed by atoms with Crippen LogP contribution >= 0.6 is 0 Å². The number of anilines is 3. The molecule has 2 aromatic rings. The van der Waals surface area contributed by atoms with Crippen LogP contribution in [0.5, 0.6) is 0 Å². The van der Waals surface area contributed by atoms with Gasteiger partial charge < -0.3 is 20.2 Å². The Balaban J connectivity index is 1.35. The van der Waals surface area contributed by atoms with Crippen LogP contribution in [0.1, 0.15) is 55.2 Å². The maximum atomic E-state index is 15.1. The van der Waals surface area contributed by atoms with Crippen molar-refractivity contribution in [1.82, 2.24) is 14.9 Å². The molecule has 0 spiro atoms. The Hall–Kier alpha value is -3.40. The zero-order valence-electron chi connectivity index (χ0n) is 21.4. The molecule has 10 heteroatoms. The van der Waals surface area contributed by atoms with Crippen LogP contribution in [0.2, 0.25) is 0 Å². The Morgan fingerprint density at radius 2 is 2.08 bits per heavy atom. The van der Waals surface area contributed by atoms with Crippen LogP contribution in [-0.4, -0.2) is 52.3 Å². The first-order valence-corrected chi connectivity index (χ1v) is 13.0. The Kier molecular flexibility index (Phi) is 5.97. The minimum atomic E-state index is -1.87. The topological polar surface area (TPSA) is 81.6 Å². The highest BCUT2D eigenvalue weighted by Crippen LogP contribution is 2.49. The first-order chi connectivity index (χ1) is 18.1. The van der Waals surface area contributed by atoms with Crippen molar-refractivity contribution < 1.29 is 23.1 Å². The number of halogens is 3. The highest BCUT2D eigenvalue weighted by molar-refractivity contribution is 5.71. The SMILES string of the molecule is CN1Cc2cc(Nc3ncc(F)c(N4CC(C)(CC(=O)O)C5=C4CC(F)C(F)=C5)n3)cc3c2C(CCC3)C1. The van der Waals surface area contributed by atoms with Gasteiger partial charge in [0.15, 0.2) is 17.8 Å².